The average Bonchev–Trinajstić information content (AvgIpc) is 3.09. The number of amides is 1. The number of carbonyl (C=O) groups excluding carboxylic acids is 2. The quantitative estimate of drug-likeness (QED) is 0.326. The number of nitrogens with zero attached hydrogens (tertiary/aromatic N) is 2. The number of para-hydroxylation sites is 1. The van der Waals surface area contributed by atoms with Gasteiger partial charge in [-0.3, -0.25) is 19.5 Å². The third-order valence-electron chi connectivity index (χ3n) is 6.11. The molecule has 0 bridgehead atoms. The predicted octanol–water partition coefficient (Wildman–Crippen LogP) is 5.32. The van der Waals surface area contributed by atoms with E-state index >= 15 is 0 Å². The second-order valence-electron chi connectivity index (χ2n) is 9.38. The molecule has 0 saturated carbocycles. The van der Waals surface area contributed by atoms with Crippen LogP contribution in [0.15, 0.2) is 72.4 Å². The minimum atomic E-state index is -0.884. The fourth-order valence-electron chi connectivity index (χ4n) is 4.24. The van der Waals surface area contributed by atoms with E-state index in [1.165, 1.54) is 12.0 Å². The Balaban J connectivity index is 2.00. The highest BCUT2D eigenvalue weighted by Gasteiger charge is 2.48. The number of pyridine rings is 1. The summed E-state index contributed by atoms with van der Waals surface area (Å²) in [5.41, 5.74) is 3.01. The number of rotatable bonds is 4. The van der Waals surface area contributed by atoms with Gasteiger partial charge in [0.1, 0.15) is 17.6 Å². The van der Waals surface area contributed by atoms with Crippen molar-refractivity contribution >= 4 is 23.1 Å². The van der Waals surface area contributed by atoms with Crippen LogP contribution in [0.25, 0.3) is 5.76 Å². The van der Waals surface area contributed by atoms with Crippen molar-refractivity contribution in [1.82, 2.24) is 4.98 Å². The first kappa shape index (κ1) is 23.2. The first-order chi connectivity index (χ1) is 16.1. The van der Waals surface area contributed by atoms with E-state index in [0.29, 0.717) is 22.7 Å². The maximum absolute atomic E-state index is 13.4. The molecule has 1 fully saturated rings. The number of aliphatic hydroxyl groups is 1. The van der Waals surface area contributed by atoms with Crippen LogP contribution >= 0.6 is 0 Å². The third kappa shape index (κ3) is 3.96. The number of benzene rings is 2. The molecule has 3 aromatic rings. The van der Waals surface area contributed by atoms with Crippen molar-refractivity contribution in [3.8, 4) is 5.75 Å². The molecule has 4 rings (SSSR count). The number of ketones is 1. The van der Waals surface area contributed by atoms with Crippen molar-refractivity contribution in [1.29, 1.82) is 0 Å². The number of hydrogen-bond acceptors (Lipinski definition) is 5. The summed E-state index contributed by atoms with van der Waals surface area (Å²) in [6.07, 6.45) is 1.61. The molecule has 0 spiro atoms. The van der Waals surface area contributed by atoms with Gasteiger partial charge in [0.15, 0.2) is 0 Å². The molecule has 1 unspecified atom stereocenters. The zero-order valence-corrected chi connectivity index (χ0v) is 20.0. The number of hydrogen-bond donors (Lipinski definition) is 1. The molecule has 6 heteroatoms. The molecule has 1 amide bonds. The topological polar surface area (TPSA) is 79.7 Å². The van der Waals surface area contributed by atoms with Gasteiger partial charge in [0.2, 0.25) is 0 Å². The fourth-order valence-corrected chi connectivity index (χ4v) is 4.24. The summed E-state index contributed by atoms with van der Waals surface area (Å²) < 4.78 is 5.51. The summed E-state index contributed by atoms with van der Waals surface area (Å²) in [7, 11) is 1.50. The lowest BCUT2D eigenvalue weighted by atomic mass is 9.85. The highest BCUT2D eigenvalue weighted by molar-refractivity contribution is 6.51. The van der Waals surface area contributed by atoms with Gasteiger partial charge in [-0.1, -0.05) is 51.1 Å². The predicted molar refractivity (Wildman–Crippen MR) is 132 cm³/mol. The Kier molecular flexibility index (Phi) is 6.00. The summed E-state index contributed by atoms with van der Waals surface area (Å²) in [6.45, 7) is 8.05. The van der Waals surface area contributed by atoms with Gasteiger partial charge in [0.05, 0.1) is 23.9 Å². The van der Waals surface area contributed by atoms with Gasteiger partial charge < -0.3 is 9.84 Å². The molecule has 2 heterocycles. The van der Waals surface area contributed by atoms with Crippen molar-refractivity contribution in [2.24, 2.45) is 0 Å². The Morgan fingerprint density at radius 3 is 2.35 bits per heavy atom. The Hall–Kier alpha value is -3.93. The standard InChI is InChI=1S/C28H28N2O4/c1-17-10-6-7-12-21(17)30-24(20-11-8-9-15-29-20)23(26(32)27(30)33)25(31)19-16-18(28(2,3)4)13-14-22(19)34-5/h6-16,24,31H,1-5H3/b25-23+. The molecule has 174 valence electrons. The molecule has 1 aliphatic rings. The smallest absolute Gasteiger partial charge is 0.300 e. The van der Waals surface area contributed by atoms with Gasteiger partial charge in [-0.25, -0.2) is 0 Å². The largest absolute Gasteiger partial charge is 0.507 e. The van der Waals surface area contributed by atoms with Gasteiger partial charge in [-0.15, -0.1) is 0 Å². The van der Waals surface area contributed by atoms with Crippen molar-refractivity contribution < 1.29 is 19.4 Å². The lowest BCUT2D eigenvalue weighted by Gasteiger charge is -2.26. The van der Waals surface area contributed by atoms with E-state index in [1.807, 2.05) is 37.3 Å². The number of aryl methyl sites for hydroxylation is 1. The Labute approximate surface area is 199 Å². The molecule has 1 aliphatic heterocycles. The molecular formula is C28H28N2O4. The van der Waals surface area contributed by atoms with E-state index in [0.717, 1.165) is 11.1 Å². The minimum absolute atomic E-state index is 0.0173. The lowest BCUT2D eigenvalue weighted by Crippen LogP contribution is -2.30. The molecule has 1 atom stereocenters. The normalized spacial score (nSPS) is 17.8. The lowest BCUT2D eigenvalue weighted by molar-refractivity contribution is -0.132. The van der Waals surface area contributed by atoms with Crippen LogP contribution in [0.1, 0.15) is 49.2 Å². The first-order valence-electron chi connectivity index (χ1n) is 11.1. The third-order valence-corrected chi connectivity index (χ3v) is 6.11. The number of anilines is 1. The Morgan fingerprint density at radius 1 is 1.03 bits per heavy atom. The van der Waals surface area contributed by atoms with Gasteiger partial charge >= 0.3 is 0 Å². The van der Waals surface area contributed by atoms with Crippen LogP contribution < -0.4 is 9.64 Å². The molecule has 1 aromatic heterocycles. The molecule has 1 N–H and O–H groups in total. The van der Waals surface area contributed by atoms with Crippen molar-refractivity contribution in [2.45, 2.75) is 39.2 Å². The number of aliphatic hydroxyl groups excluding tert-OH is 1. The van der Waals surface area contributed by atoms with Crippen molar-refractivity contribution in [2.75, 3.05) is 12.0 Å². The summed E-state index contributed by atoms with van der Waals surface area (Å²) >= 11 is 0. The molecule has 0 aliphatic carbocycles. The molecule has 2 aromatic carbocycles. The van der Waals surface area contributed by atoms with Crippen LogP contribution in [0.5, 0.6) is 5.75 Å². The van der Waals surface area contributed by atoms with E-state index in [1.54, 1.807) is 36.5 Å². The second-order valence-corrected chi connectivity index (χ2v) is 9.38. The Morgan fingerprint density at radius 2 is 1.74 bits per heavy atom. The maximum atomic E-state index is 13.4. The monoisotopic (exact) mass is 456 g/mol. The van der Waals surface area contributed by atoms with E-state index in [4.69, 9.17) is 4.74 Å². The van der Waals surface area contributed by atoms with Crippen LogP contribution in [0.4, 0.5) is 5.69 Å². The summed E-state index contributed by atoms with van der Waals surface area (Å²) in [4.78, 5) is 32.6. The highest BCUT2D eigenvalue weighted by Crippen LogP contribution is 2.44. The van der Waals surface area contributed by atoms with Crippen molar-refractivity contribution in [3.05, 3.63) is 94.8 Å². The fraction of sp³-hybridized carbons (Fsp3) is 0.250. The highest BCUT2D eigenvalue weighted by atomic mass is 16.5. The zero-order valence-electron chi connectivity index (χ0n) is 20.0. The number of aromatic nitrogens is 1. The van der Waals surface area contributed by atoms with E-state index in [9.17, 15) is 14.7 Å². The molecule has 1 saturated heterocycles. The van der Waals surface area contributed by atoms with Crippen molar-refractivity contribution in [3.63, 3.8) is 0 Å². The number of ether oxygens (including phenoxy) is 1. The van der Waals surface area contributed by atoms with Crippen LogP contribution in [-0.4, -0.2) is 28.9 Å². The SMILES string of the molecule is COc1ccc(C(C)(C)C)cc1/C(O)=C1\C(=O)C(=O)N(c2ccccc2C)C1c1ccccn1. The molecular weight excluding hydrogens is 428 g/mol. The number of carbonyl (C=O) groups is 2. The maximum Gasteiger partial charge on any atom is 0.300 e. The Bertz CT molecular complexity index is 1290. The van der Waals surface area contributed by atoms with Gasteiger partial charge in [-0.05, 0) is 53.8 Å². The average molecular weight is 457 g/mol. The first-order valence-corrected chi connectivity index (χ1v) is 11.1. The van der Waals surface area contributed by atoms with Gasteiger partial charge in [0.25, 0.3) is 11.7 Å². The number of methoxy groups -OCH3 is 1. The minimum Gasteiger partial charge on any atom is -0.507 e. The molecule has 34 heavy (non-hydrogen) atoms. The summed E-state index contributed by atoms with van der Waals surface area (Å²) in [5.74, 6) is -1.35. The van der Waals surface area contributed by atoms with Crippen LogP contribution in [-0.2, 0) is 15.0 Å². The van der Waals surface area contributed by atoms with Crippen LogP contribution in [0.3, 0.4) is 0 Å². The van der Waals surface area contributed by atoms with E-state index < -0.39 is 17.7 Å². The van der Waals surface area contributed by atoms with E-state index in [2.05, 4.69) is 25.8 Å². The second kappa shape index (κ2) is 8.78. The van der Waals surface area contributed by atoms with Crippen LogP contribution in [0.2, 0.25) is 0 Å². The van der Waals surface area contributed by atoms with E-state index in [-0.39, 0.29) is 16.7 Å². The summed E-state index contributed by atoms with van der Waals surface area (Å²) in [6, 6.07) is 17.3. The molecule has 6 nitrogen and oxygen atoms in total. The van der Waals surface area contributed by atoms with Gasteiger partial charge in [0, 0.05) is 11.9 Å². The molecule has 0 radical (unpaired) electrons. The van der Waals surface area contributed by atoms with Gasteiger partial charge in [-0.2, -0.15) is 0 Å². The zero-order chi connectivity index (χ0) is 24.6. The van der Waals surface area contributed by atoms with Crippen LogP contribution in [0, 0.1) is 6.92 Å². The summed E-state index contributed by atoms with van der Waals surface area (Å²) in [5, 5.41) is 11.5. The number of Topliss-reactive ketones (excluding diaryl/α,β-unsaturated/α-hetero) is 1.